The highest BCUT2D eigenvalue weighted by Crippen LogP contribution is 2.38. The Labute approximate surface area is 214 Å². The average molecular weight is 513 g/mol. The van der Waals surface area contributed by atoms with E-state index in [1.165, 1.54) is 6.07 Å². The first-order chi connectivity index (χ1) is 17.2. The summed E-state index contributed by atoms with van der Waals surface area (Å²) in [5, 5.41) is 13.6. The van der Waals surface area contributed by atoms with Crippen LogP contribution in [0.4, 0.5) is 10.2 Å². The second-order valence-electron chi connectivity index (χ2n) is 10.3. The molecule has 1 saturated heterocycles. The lowest BCUT2D eigenvalue weighted by molar-refractivity contribution is -0.129. The second-order valence-corrected chi connectivity index (χ2v) is 10.7. The van der Waals surface area contributed by atoms with Crippen molar-refractivity contribution in [3.8, 4) is 11.1 Å². The molecule has 3 aromatic rings. The number of anilines is 1. The maximum Gasteiger partial charge on any atom is 0.270 e. The van der Waals surface area contributed by atoms with E-state index in [9.17, 15) is 14.3 Å². The van der Waals surface area contributed by atoms with Gasteiger partial charge in [0.15, 0.2) is 0 Å². The van der Waals surface area contributed by atoms with Crippen molar-refractivity contribution in [2.24, 2.45) is 5.41 Å². The lowest BCUT2D eigenvalue weighted by Crippen LogP contribution is -2.52. The maximum atomic E-state index is 14.4. The van der Waals surface area contributed by atoms with Crippen LogP contribution in [-0.2, 0) is 24.4 Å². The SMILES string of the molecule is Cc1cc(CO)c(CN2CC3(COC3)Cn3cc(-c4cc(NC(C)C)ncc4Cl)cc3C2=O)cc1F. The number of ether oxygens (including phenoxy) is 1. The number of carbonyl (C=O) groups excluding carboxylic acids is 1. The molecule has 1 spiro atoms. The molecule has 1 aromatic carbocycles. The van der Waals surface area contributed by atoms with E-state index in [0.717, 1.165) is 11.1 Å². The van der Waals surface area contributed by atoms with Gasteiger partial charge in [-0.1, -0.05) is 17.7 Å². The van der Waals surface area contributed by atoms with Crippen molar-refractivity contribution >= 4 is 23.3 Å². The van der Waals surface area contributed by atoms with E-state index in [1.807, 2.05) is 36.7 Å². The molecule has 5 rings (SSSR count). The molecule has 0 bridgehead atoms. The molecule has 2 aliphatic rings. The number of pyridine rings is 1. The molecule has 1 fully saturated rings. The zero-order valence-corrected chi connectivity index (χ0v) is 21.4. The number of aromatic nitrogens is 2. The van der Waals surface area contributed by atoms with Crippen LogP contribution in [0.5, 0.6) is 0 Å². The lowest BCUT2D eigenvalue weighted by Gasteiger charge is -2.43. The van der Waals surface area contributed by atoms with Gasteiger partial charge in [-0.25, -0.2) is 9.37 Å². The third-order valence-electron chi connectivity index (χ3n) is 6.87. The second kappa shape index (κ2) is 9.50. The molecule has 0 radical (unpaired) electrons. The Morgan fingerprint density at radius 1 is 1.22 bits per heavy atom. The molecule has 0 atom stereocenters. The van der Waals surface area contributed by atoms with Crippen molar-refractivity contribution in [1.29, 1.82) is 0 Å². The fourth-order valence-electron chi connectivity index (χ4n) is 5.04. The van der Waals surface area contributed by atoms with E-state index >= 15 is 0 Å². The standard InChI is InChI=1S/C27H30ClFN4O3/c1-16(2)31-25-7-21(22(28)8-30-25)19-6-24-26(35)33(13-27(14-36-15-27)12-32(24)10-19)9-18-5-23(29)17(3)4-20(18)11-34/h4-8,10,16,34H,9,11-15H2,1-3H3,(H,30,31). The molecular formula is C27H30ClFN4O3. The third kappa shape index (κ3) is 4.61. The predicted molar refractivity (Wildman–Crippen MR) is 136 cm³/mol. The number of amides is 1. The molecule has 7 nitrogen and oxygen atoms in total. The summed E-state index contributed by atoms with van der Waals surface area (Å²) in [7, 11) is 0. The number of hydrogen-bond donors (Lipinski definition) is 2. The Kier molecular flexibility index (Phi) is 6.53. The summed E-state index contributed by atoms with van der Waals surface area (Å²) >= 11 is 6.52. The summed E-state index contributed by atoms with van der Waals surface area (Å²) in [6.07, 6.45) is 3.57. The van der Waals surface area contributed by atoms with Crippen LogP contribution < -0.4 is 5.32 Å². The molecule has 4 heterocycles. The minimum absolute atomic E-state index is 0.152. The summed E-state index contributed by atoms with van der Waals surface area (Å²) in [5.41, 5.74) is 3.61. The molecule has 2 aliphatic heterocycles. The third-order valence-corrected chi connectivity index (χ3v) is 7.17. The molecule has 0 aliphatic carbocycles. The van der Waals surface area contributed by atoms with Crippen molar-refractivity contribution in [3.63, 3.8) is 0 Å². The number of aliphatic hydroxyl groups is 1. The van der Waals surface area contributed by atoms with Crippen LogP contribution in [0.25, 0.3) is 11.1 Å². The molecule has 0 saturated carbocycles. The number of nitrogens with one attached hydrogen (secondary N) is 1. The van der Waals surface area contributed by atoms with Crippen molar-refractivity contribution in [2.45, 2.75) is 46.5 Å². The molecule has 9 heteroatoms. The molecule has 0 unspecified atom stereocenters. The minimum Gasteiger partial charge on any atom is -0.392 e. The summed E-state index contributed by atoms with van der Waals surface area (Å²) in [4.78, 5) is 19.9. The van der Waals surface area contributed by atoms with Gasteiger partial charge >= 0.3 is 0 Å². The number of hydrogen-bond acceptors (Lipinski definition) is 5. The first-order valence-electron chi connectivity index (χ1n) is 12.1. The van der Waals surface area contributed by atoms with Crippen molar-refractivity contribution < 1.29 is 19.0 Å². The first-order valence-corrected chi connectivity index (χ1v) is 12.4. The first kappa shape index (κ1) is 24.7. The Bertz CT molecular complexity index is 1320. The number of rotatable bonds is 6. The van der Waals surface area contributed by atoms with Crippen LogP contribution in [0.1, 0.15) is 41.0 Å². The highest BCUT2D eigenvalue weighted by atomic mass is 35.5. The van der Waals surface area contributed by atoms with E-state index in [4.69, 9.17) is 16.3 Å². The number of halogens is 2. The number of nitrogens with zero attached hydrogens (tertiary/aromatic N) is 3. The molecule has 36 heavy (non-hydrogen) atoms. The fourth-order valence-corrected chi connectivity index (χ4v) is 5.25. The van der Waals surface area contributed by atoms with Gasteiger partial charge in [-0.3, -0.25) is 4.79 Å². The van der Waals surface area contributed by atoms with Gasteiger partial charge in [0.2, 0.25) is 0 Å². The number of aryl methyl sites for hydroxylation is 1. The quantitative estimate of drug-likeness (QED) is 0.503. The highest BCUT2D eigenvalue weighted by molar-refractivity contribution is 6.33. The Morgan fingerprint density at radius 3 is 2.67 bits per heavy atom. The van der Waals surface area contributed by atoms with E-state index in [0.29, 0.717) is 59.5 Å². The van der Waals surface area contributed by atoms with Crippen LogP contribution in [-0.4, -0.2) is 51.3 Å². The van der Waals surface area contributed by atoms with Crippen LogP contribution >= 0.6 is 11.6 Å². The Hall–Kier alpha value is -2.94. The summed E-state index contributed by atoms with van der Waals surface area (Å²) in [6, 6.07) is 7.03. The zero-order chi connectivity index (χ0) is 25.6. The zero-order valence-electron chi connectivity index (χ0n) is 20.6. The monoisotopic (exact) mass is 512 g/mol. The van der Waals surface area contributed by atoms with Gasteiger partial charge in [0, 0.05) is 49.2 Å². The van der Waals surface area contributed by atoms with Gasteiger partial charge < -0.3 is 24.6 Å². The van der Waals surface area contributed by atoms with Gasteiger partial charge in [-0.2, -0.15) is 0 Å². The maximum absolute atomic E-state index is 14.4. The van der Waals surface area contributed by atoms with Crippen LogP contribution in [0, 0.1) is 18.2 Å². The van der Waals surface area contributed by atoms with Crippen LogP contribution in [0.3, 0.4) is 0 Å². The summed E-state index contributed by atoms with van der Waals surface area (Å²) in [6.45, 7) is 7.90. The van der Waals surface area contributed by atoms with Crippen molar-refractivity contribution in [1.82, 2.24) is 14.5 Å². The largest absolute Gasteiger partial charge is 0.392 e. The molecule has 2 N–H and O–H groups in total. The van der Waals surface area contributed by atoms with Gasteiger partial charge in [0.05, 0.1) is 30.3 Å². The minimum atomic E-state index is -0.352. The molecule has 190 valence electrons. The van der Waals surface area contributed by atoms with Crippen molar-refractivity contribution in [3.05, 3.63) is 69.9 Å². The lowest BCUT2D eigenvalue weighted by atomic mass is 9.85. The average Bonchev–Trinajstić information content (AvgIpc) is 3.18. The summed E-state index contributed by atoms with van der Waals surface area (Å²) in [5.74, 6) is 0.205. The number of benzene rings is 1. The number of carbonyl (C=O) groups is 1. The van der Waals surface area contributed by atoms with Gasteiger partial charge in [-0.15, -0.1) is 0 Å². The van der Waals surface area contributed by atoms with E-state index in [-0.39, 0.29) is 36.3 Å². The smallest absolute Gasteiger partial charge is 0.270 e. The topological polar surface area (TPSA) is 79.6 Å². The molecular weight excluding hydrogens is 483 g/mol. The van der Waals surface area contributed by atoms with Crippen molar-refractivity contribution in [2.75, 3.05) is 25.1 Å². The Morgan fingerprint density at radius 2 is 2.00 bits per heavy atom. The van der Waals surface area contributed by atoms with Crippen LogP contribution in [0.15, 0.2) is 36.7 Å². The summed E-state index contributed by atoms with van der Waals surface area (Å²) < 4.78 is 22.0. The van der Waals surface area contributed by atoms with E-state index < -0.39 is 0 Å². The van der Waals surface area contributed by atoms with E-state index in [1.54, 1.807) is 24.1 Å². The molecule has 1 amide bonds. The van der Waals surface area contributed by atoms with Gasteiger partial charge in [0.25, 0.3) is 5.91 Å². The molecule has 2 aromatic heterocycles. The van der Waals surface area contributed by atoms with Crippen LogP contribution in [0.2, 0.25) is 5.02 Å². The Balaban J connectivity index is 1.53. The predicted octanol–water partition coefficient (Wildman–Crippen LogP) is 4.64. The van der Waals surface area contributed by atoms with Gasteiger partial charge in [-0.05, 0) is 55.7 Å². The number of fused-ring (bicyclic) bond motifs is 1. The van der Waals surface area contributed by atoms with Gasteiger partial charge in [0.1, 0.15) is 17.3 Å². The highest BCUT2D eigenvalue weighted by Gasteiger charge is 2.45. The fraction of sp³-hybridized carbons (Fsp3) is 0.407. The normalized spacial score (nSPS) is 16.8. The van der Waals surface area contributed by atoms with E-state index in [2.05, 4.69) is 10.3 Å². The number of aliphatic hydroxyl groups excluding tert-OH is 1.